The first kappa shape index (κ1) is 24.1. The highest BCUT2D eigenvalue weighted by Gasteiger charge is 2.36. The van der Waals surface area contributed by atoms with Crippen molar-refractivity contribution in [2.75, 3.05) is 5.32 Å². The van der Waals surface area contributed by atoms with Gasteiger partial charge in [0.1, 0.15) is 5.82 Å². The predicted molar refractivity (Wildman–Crippen MR) is 151 cm³/mol. The Morgan fingerprint density at radius 2 is 1.79 bits per heavy atom. The molecular weight excluding hydrogens is 494 g/mol. The standard InChI is InChI=1S/C31H28ClN5O/c1-3-26-24-20-36(31(38)33-27-16-8-7-15-25(27)32)29(22-12-9-11-21(2)19-22)28-17-10-18-35(28)30(24)37(34-26)23-13-5-4-6-14-23/h4-19,29H,3,20H2,1-2H3,(H,33,38)/t29-/m0/s1. The van der Waals surface area contributed by atoms with Crippen molar-refractivity contribution in [2.45, 2.75) is 32.9 Å². The van der Waals surface area contributed by atoms with E-state index in [0.717, 1.165) is 46.0 Å². The number of anilines is 1. The molecule has 6 rings (SSSR count). The van der Waals surface area contributed by atoms with Crippen LogP contribution in [0.4, 0.5) is 10.5 Å². The number of nitrogens with zero attached hydrogens (tertiary/aromatic N) is 4. The van der Waals surface area contributed by atoms with Crippen LogP contribution >= 0.6 is 11.6 Å². The molecule has 3 aromatic carbocycles. The lowest BCUT2D eigenvalue weighted by Crippen LogP contribution is -2.38. The van der Waals surface area contributed by atoms with E-state index < -0.39 is 0 Å². The highest BCUT2D eigenvalue weighted by atomic mass is 35.5. The second kappa shape index (κ2) is 9.88. The van der Waals surface area contributed by atoms with Gasteiger partial charge in [-0.3, -0.25) is 0 Å². The average Bonchev–Trinajstić information content (AvgIpc) is 3.51. The lowest BCUT2D eigenvalue weighted by Gasteiger charge is -2.31. The molecule has 5 aromatic rings. The molecule has 1 atom stereocenters. The molecule has 0 saturated carbocycles. The largest absolute Gasteiger partial charge is 0.323 e. The number of carbonyl (C=O) groups is 1. The lowest BCUT2D eigenvalue weighted by molar-refractivity contribution is 0.194. The predicted octanol–water partition coefficient (Wildman–Crippen LogP) is 7.32. The average molecular weight is 522 g/mol. The monoisotopic (exact) mass is 521 g/mol. The number of rotatable bonds is 4. The molecule has 0 aliphatic carbocycles. The van der Waals surface area contributed by atoms with Crippen molar-refractivity contribution in [1.29, 1.82) is 0 Å². The van der Waals surface area contributed by atoms with Crippen LogP contribution in [0.1, 0.15) is 41.0 Å². The summed E-state index contributed by atoms with van der Waals surface area (Å²) in [5, 5.41) is 8.59. The highest BCUT2D eigenvalue weighted by molar-refractivity contribution is 6.33. The molecule has 0 bridgehead atoms. The molecule has 38 heavy (non-hydrogen) atoms. The Kier molecular flexibility index (Phi) is 6.26. The number of fused-ring (bicyclic) bond motifs is 3. The number of benzene rings is 3. The van der Waals surface area contributed by atoms with E-state index in [9.17, 15) is 4.79 Å². The SMILES string of the molecule is CCc1nn(-c2ccccc2)c2c1CN(C(=O)Nc1ccccc1Cl)[C@@H](c1cccc(C)c1)c1cccn1-2. The van der Waals surface area contributed by atoms with Gasteiger partial charge in [-0.25, -0.2) is 9.48 Å². The Bertz CT molecular complexity index is 1620. The van der Waals surface area contributed by atoms with Crippen LogP contribution in [0.2, 0.25) is 5.02 Å². The molecule has 0 saturated heterocycles. The summed E-state index contributed by atoms with van der Waals surface area (Å²) in [6.45, 7) is 4.57. The summed E-state index contributed by atoms with van der Waals surface area (Å²) in [4.78, 5) is 16.0. The first-order valence-electron chi connectivity index (χ1n) is 12.8. The first-order chi connectivity index (χ1) is 18.5. The van der Waals surface area contributed by atoms with Gasteiger partial charge in [-0.15, -0.1) is 0 Å². The summed E-state index contributed by atoms with van der Waals surface area (Å²) < 4.78 is 4.19. The van der Waals surface area contributed by atoms with Crippen LogP contribution in [0, 0.1) is 6.92 Å². The maximum absolute atomic E-state index is 14.1. The van der Waals surface area contributed by atoms with E-state index in [2.05, 4.69) is 66.3 Å². The third-order valence-electron chi connectivity index (χ3n) is 7.04. The topological polar surface area (TPSA) is 55.1 Å². The number of amides is 2. The third-order valence-corrected chi connectivity index (χ3v) is 7.37. The Morgan fingerprint density at radius 1 is 1.00 bits per heavy atom. The van der Waals surface area contributed by atoms with Gasteiger partial charge in [-0.2, -0.15) is 5.10 Å². The quantitative estimate of drug-likeness (QED) is 0.269. The van der Waals surface area contributed by atoms with Gasteiger partial charge in [0.25, 0.3) is 0 Å². The molecule has 2 aromatic heterocycles. The summed E-state index contributed by atoms with van der Waals surface area (Å²) >= 11 is 6.43. The molecule has 190 valence electrons. The van der Waals surface area contributed by atoms with Gasteiger partial charge in [-0.1, -0.05) is 78.7 Å². The molecule has 1 aliphatic heterocycles. The summed E-state index contributed by atoms with van der Waals surface area (Å²) in [7, 11) is 0. The Balaban J connectivity index is 1.57. The van der Waals surface area contributed by atoms with Crippen LogP contribution in [0.5, 0.6) is 0 Å². The van der Waals surface area contributed by atoms with Crippen molar-refractivity contribution in [3.05, 3.63) is 130 Å². The number of halogens is 1. The Hall–Kier alpha value is -4.29. The fourth-order valence-corrected chi connectivity index (χ4v) is 5.47. The number of hydrogen-bond donors (Lipinski definition) is 1. The number of urea groups is 1. The van der Waals surface area contributed by atoms with E-state index in [4.69, 9.17) is 16.7 Å². The third kappa shape index (κ3) is 4.17. The molecule has 0 spiro atoms. The van der Waals surface area contributed by atoms with Crippen molar-refractivity contribution in [1.82, 2.24) is 19.2 Å². The van der Waals surface area contributed by atoms with E-state index in [1.807, 2.05) is 58.1 Å². The highest BCUT2D eigenvalue weighted by Crippen LogP contribution is 2.39. The van der Waals surface area contributed by atoms with E-state index in [0.29, 0.717) is 17.3 Å². The van der Waals surface area contributed by atoms with Crippen molar-refractivity contribution in [2.24, 2.45) is 0 Å². The summed E-state index contributed by atoms with van der Waals surface area (Å²) in [6.07, 6.45) is 2.81. The van der Waals surface area contributed by atoms with Crippen molar-refractivity contribution in [3.63, 3.8) is 0 Å². The van der Waals surface area contributed by atoms with E-state index in [1.54, 1.807) is 6.07 Å². The zero-order chi connectivity index (χ0) is 26.2. The number of para-hydroxylation sites is 2. The minimum Gasteiger partial charge on any atom is -0.307 e. The van der Waals surface area contributed by atoms with E-state index in [1.165, 1.54) is 0 Å². The molecule has 0 fully saturated rings. The van der Waals surface area contributed by atoms with Crippen LogP contribution in [-0.2, 0) is 13.0 Å². The molecule has 0 radical (unpaired) electrons. The van der Waals surface area contributed by atoms with Gasteiger partial charge >= 0.3 is 6.03 Å². The fourth-order valence-electron chi connectivity index (χ4n) is 5.29. The number of hydrogen-bond acceptors (Lipinski definition) is 2. The van der Waals surface area contributed by atoms with Crippen molar-refractivity contribution < 1.29 is 4.79 Å². The van der Waals surface area contributed by atoms with Gasteiger partial charge in [0.05, 0.1) is 40.4 Å². The van der Waals surface area contributed by atoms with Crippen LogP contribution in [0.25, 0.3) is 11.5 Å². The van der Waals surface area contributed by atoms with Crippen molar-refractivity contribution >= 4 is 23.3 Å². The smallest absolute Gasteiger partial charge is 0.307 e. The molecule has 1 N–H and O–H groups in total. The number of nitrogens with one attached hydrogen (secondary N) is 1. The Labute approximate surface area is 227 Å². The minimum absolute atomic E-state index is 0.222. The fraction of sp³-hybridized carbons (Fsp3) is 0.161. The van der Waals surface area contributed by atoms with Gasteiger partial charge < -0.3 is 14.8 Å². The van der Waals surface area contributed by atoms with Gasteiger partial charge in [-0.05, 0) is 55.3 Å². The molecule has 2 amide bonds. The number of aryl methyl sites for hydroxylation is 2. The van der Waals surface area contributed by atoms with Gasteiger partial charge in [0, 0.05) is 11.8 Å². The van der Waals surface area contributed by atoms with Crippen molar-refractivity contribution in [3.8, 4) is 11.5 Å². The first-order valence-corrected chi connectivity index (χ1v) is 13.2. The summed E-state index contributed by atoms with van der Waals surface area (Å²) in [6, 6.07) is 29.4. The van der Waals surface area contributed by atoms with Crippen LogP contribution < -0.4 is 5.32 Å². The van der Waals surface area contributed by atoms with Crippen LogP contribution in [0.15, 0.2) is 97.2 Å². The zero-order valence-corrected chi connectivity index (χ0v) is 22.1. The number of carbonyl (C=O) groups excluding carboxylic acids is 1. The second-order valence-electron chi connectivity index (χ2n) is 9.51. The molecule has 1 aliphatic rings. The minimum atomic E-state index is -0.325. The van der Waals surface area contributed by atoms with E-state index >= 15 is 0 Å². The molecular formula is C31H28ClN5O. The second-order valence-corrected chi connectivity index (χ2v) is 9.91. The van der Waals surface area contributed by atoms with Crippen LogP contribution in [0.3, 0.4) is 0 Å². The van der Waals surface area contributed by atoms with Gasteiger partial charge in [0.2, 0.25) is 0 Å². The maximum Gasteiger partial charge on any atom is 0.323 e. The zero-order valence-electron chi connectivity index (χ0n) is 21.3. The lowest BCUT2D eigenvalue weighted by atomic mass is 10.00. The Morgan fingerprint density at radius 3 is 2.55 bits per heavy atom. The molecule has 7 heteroatoms. The molecule has 6 nitrogen and oxygen atoms in total. The summed E-state index contributed by atoms with van der Waals surface area (Å²) in [5.74, 6) is 0.957. The normalized spacial score (nSPS) is 14.5. The van der Waals surface area contributed by atoms with Gasteiger partial charge in [0.15, 0.2) is 0 Å². The molecule has 3 heterocycles. The number of aromatic nitrogens is 3. The summed E-state index contributed by atoms with van der Waals surface area (Å²) in [5.41, 5.74) is 6.72. The maximum atomic E-state index is 14.1. The molecule has 0 unspecified atom stereocenters. The van der Waals surface area contributed by atoms with E-state index in [-0.39, 0.29) is 12.1 Å². The van der Waals surface area contributed by atoms with Crippen LogP contribution in [-0.4, -0.2) is 25.3 Å².